The van der Waals surface area contributed by atoms with Crippen molar-refractivity contribution in [3.63, 3.8) is 0 Å². The summed E-state index contributed by atoms with van der Waals surface area (Å²) in [5.74, 6) is -0.612. The van der Waals surface area contributed by atoms with E-state index in [1.165, 1.54) is 11.3 Å². The first-order valence-corrected chi connectivity index (χ1v) is 7.45. The second-order valence-corrected chi connectivity index (χ2v) is 5.16. The fourth-order valence-electron chi connectivity index (χ4n) is 1.53. The molecule has 7 nitrogen and oxygen atoms in total. The van der Waals surface area contributed by atoms with Crippen LogP contribution >= 0.6 is 23.1 Å². The Labute approximate surface area is 130 Å². The summed E-state index contributed by atoms with van der Waals surface area (Å²) in [6.45, 7) is 3.90. The Morgan fingerprint density at radius 2 is 2.19 bits per heavy atom. The van der Waals surface area contributed by atoms with Gasteiger partial charge in [0.15, 0.2) is 11.5 Å². The van der Waals surface area contributed by atoms with E-state index in [4.69, 9.17) is 16.5 Å². The molecule has 0 aliphatic rings. The Morgan fingerprint density at radius 3 is 2.86 bits per heavy atom. The summed E-state index contributed by atoms with van der Waals surface area (Å²) < 4.78 is 5.87. The lowest BCUT2D eigenvalue weighted by Gasteiger charge is -2.13. The van der Waals surface area contributed by atoms with Gasteiger partial charge >= 0.3 is 12.0 Å². The molecule has 21 heavy (non-hydrogen) atoms. The van der Waals surface area contributed by atoms with Crippen molar-refractivity contribution in [3.05, 3.63) is 17.1 Å². The average molecular weight is 329 g/mol. The van der Waals surface area contributed by atoms with Gasteiger partial charge in [0.2, 0.25) is 0 Å². The van der Waals surface area contributed by atoms with Crippen LogP contribution < -0.4 is 5.32 Å². The highest BCUT2D eigenvalue weighted by Crippen LogP contribution is 2.22. The number of aromatic nitrogens is 2. The van der Waals surface area contributed by atoms with Gasteiger partial charge in [-0.15, -0.1) is 11.3 Å². The SMILES string of the molecule is CCOC(=O)c1nc2ccsc2nc1NC(=O)N(Cl)CC. The smallest absolute Gasteiger partial charge is 0.360 e. The molecule has 0 atom stereocenters. The van der Waals surface area contributed by atoms with E-state index in [0.29, 0.717) is 16.9 Å². The Hall–Kier alpha value is -1.93. The fourth-order valence-corrected chi connectivity index (χ4v) is 2.27. The fraction of sp³-hybridized carbons (Fsp3) is 0.333. The number of thiophene rings is 1. The molecule has 0 aliphatic heterocycles. The van der Waals surface area contributed by atoms with Crippen molar-refractivity contribution in [3.8, 4) is 0 Å². The summed E-state index contributed by atoms with van der Waals surface area (Å²) in [5.41, 5.74) is 0.525. The number of fused-ring (bicyclic) bond motifs is 1. The van der Waals surface area contributed by atoms with Crippen LogP contribution in [0, 0.1) is 0 Å². The lowest BCUT2D eigenvalue weighted by Crippen LogP contribution is -2.28. The van der Waals surface area contributed by atoms with Crippen molar-refractivity contribution in [1.29, 1.82) is 0 Å². The number of urea groups is 1. The maximum absolute atomic E-state index is 11.9. The van der Waals surface area contributed by atoms with Gasteiger partial charge in [-0.3, -0.25) is 5.32 Å². The minimum absolute atomic E-state index is 0.0347. The van der Waals surface area contributed by atoms with Crippen molar-refractivity contribution in [2.45, 2.75) is 13.8 Å². The molecule has 2 amide bonds. The number of carbonyl (C=O) groups excluding carboxylic acids is 2. The first-order chi connectivity index (χ1) is 10.1. The largest absolute Gasteiger partial charge is 0.461 e. The lowest BCUT2D eigenvalue weighted by atomic mass is 10.4. The molecule has 0 unspecified atom stereocenters. The van der Waals surface area contributed by atoms with Crippen LogP contribution in [-0.2, 0) is 4.74 Å². The van der Waals surface area contributed by atoms with Gasteiger partial charge in [-0.1, -0.05) is 0 Å². The second kappa shape index (κ2) is 6.68. The molecular formula is C12H13ClN4O3S. The minimum atomic E-state index is -0.647. The quantitative estimate of drug-likeness (QED) is 0.689. The molecule has 2 heterocycles. The number of rotatable bonds is 4. The van der Waals surface area contributed by atoms with Crippen LogP contribution in [-0.4, -0.2) is 39.5 Å². The molecule has 0 aliphatic carbocycles. The summed E-state index contributed by atoms with van der Waals surface area (Å²) in [7, 11) is 0. The first-order valence-electron chi connectivity index (χ1n) is 6.23. The normalized spacial score (nSPS) is 10.4. The summed E-state index contributed by atoms with van der Waals surface area (Å²) >= 11 is 7.07. The Kier molecular flexibility index (Phi) is 4.92. The van der Waals surface area contributed by atoms with E-state index in [-0.39, 0.29) is 18.1 Å². The number of nitrogens with one attached hydrogen (secondary N) is 1. The van der Waals surface area contributed by atoms with Crippen LogP contribution in [0.4, 0.5) is 10.6 Å². The van der Waals surface area contributed by atoms with Gasteiger partial charge < -0.3 is 4.74 Å². The third-order valence-corrected chi connectivity index (χ3v) is 3.68. The standard InChI is InChI=1S/C12H13ClN4O3S/c1-3-17(13)12(19)16-9-8(11(18)20-4-2)14-7-5-6-21-10(7)15-9/h5-6H,3-4H2,1-2H3,(H,15,16,19). The highest BCUT2D eigenvalue weighted by atomic mass is 35.5. The molecule has 0 spiro atoms. The molecule has 112 valence electrons. The topological polar surface area (TPSA) is 84.4 Å². The zero-order chi connectivity index (χ0) is 15.4. The van der Waals surface area contributed by atoms with E-state index < -0.39 is 12.0 Å². The zero-order valence-electron chi connectivity index (χ0n) is 11.4. The predicted octanol–water partition coefficient (Wildman–Crippen LogP) is 2.88. The summed E-state index contributed by atoms with van der Waals surface area (Å²) in [6.07, 6.45) is 0. The number of ether oxygens (including phenoxy) is 1. The zero-order valence-corrected chi connectivity index (χ0v) is 13.0. The third kappa shape index (κ3) is 3.40. The first kappa shape index (κ1) is 15.5. The van der Waals surface area contributed by atoms with Crippen LogP contribution in [0.5, 0.6) is 0 Å². The van der Waals surface area contributed by atoms with Crippen LogP contribution in [0.1, 0.15) is 24.3 Å². The van der Waals surface area contributed by atoms with Gasteiger partial charge in [-0.25, -0.2) is 24.0 Å². The number of anilines is 1. The van der Waals surface area contributed by atoms with Gasteiger partial charge in [0.25, 0.3) is 0 Å². The highest BCUT2D eigenvalue weighted by molar-refractivity contribution is 7.16. The van der Waals surface area contributed by atoms with Crippen molar-refractivity contribution < 1.29 is 14.3 Å². The number of halogens is 1. The number of hydrogen-bond acceptors (Lipinski definition) is 6. The maximum atomic E-state index is 11.9. The highest BCUT2D eigenvalue weighted by Gasteiger charge is 2.21. The van der Waals surface area contributed by atoms with E-state index in [9.17, 15) is 9.59 Å². The molecule has 0 aromatic carbocycles. The summed E-state index contributed by atoms with van der Waals surface area (Å²) in [4.78, 5) is 32.8. The van der Waals surface area contributed by atoms with E-state index in [0.717, 1.165) is 4.42 Å². The molecule has 2 rings (SSSR count). The third-order valence-electron chi connectivity index (χ3n) is 2.49. The summed E-state index contributed by atoms with van der Waals surface area (Å²) in [5, 5.41) is 4.27. The van der Waals surface area contributed by atoms with Crippen LogP contribution in [0.15, 0.2) is 11.4 Å². The monoisotopic (exact) mass is 328 g/mol. The van der Waals surface area contributed by atoms with Gasteiger partial charge in [0.05, 0.1) is 6.61 Å². The summed E-state index contributed by atoms with van der Waals surface area (Å²) in [6, 6.07) is 1.15. The number of amides is 2. The molecule has 0 saturated carbocycles. The van der Waals surface area contributed by atoms with E-state index in [2.05, 4.69) is 15.3 Å². The molecular weight excluding hydrogens is 316 g/mol. The van der Waals surface area contributed by atoms with E-state index >= 15 is 0 Å². The molecule has 0 bridgehead atoms. The Morgan fingerprint density at radius 1 is 1.43 bits per heavy atom. The molecule has 9 heteroatoms. The Balaban J connectivity index is 2.40. The molecule has 0 saturated heterocycles. The molecule has 0 fully saturated rings. The van der Waals surface area contributed by atoms with Crippen molar-refractivity contribution in [2.24, 2.45) is 0 Å². The van der Waals surface area contributed by atoms with Crippen LogP contribution in [0.3, 0.4) is 0 Å². The van der Waals surface area contributed by atoms with Crippen LogP contribution in [0.25, 0.3) is 10.3 Å². The number of esters is 1. The lowest BCUT2D eigenvalue weighted by molar-refractivity contribution is 0.0521. The maximum Gasteiger partial charge on any atom is 0.360 e. The van der Waals surface area contributed by atoms with Crippen LogP contribution in [0.2, 0.25) is 0 Å². The number of carbonyl (C=O) groups is 2. The number of hydrogen-bond donors (Lipinski definition) is 1. The predicted molar refractivity (Wildman–Crippen MR) is 80.6 cm³/mol. The number of nitrogens with zero attached hydrogens (tertiary/aromatic N) is 3. The van der Waals surface area contributed by atoms with Crippen molar-refractivity contribution in [1.82, 2.24) is 14.4 Å². The molecule has 1 N–H and O–H groups in total. The van der Waals surface area contributed by atoms with E-state index in [1.54, 1.807) is 25.3 Å². The van der Waals surface area contributed by atoms with Gasteiger partial charge in [-0.2, -0.15) is 0 Å². The van der Waals surface area contributed by atoms with Gasteiger partial charge in [0, 0.05) is 18.3 Å². The molecule has 0 radical (unpaired) electrons. The second-order valence-electron chi connectivity index (χ2n) is 3.86. The van der Waals surface area contributed by atoms with Crippen molar-refractivity contribution >= 4 is 51.3 Å². The van der Waals surface area contributed by atoms with Gasteiger partial charge in [0.1, 0.15) is 10.3 Å². The van der Waals surface area contributed by atoms with E-state index in [1.807, 2.05) is 0 Å². The van der Waals surface area contributed by atoms with Gasteiger partial charge in [-0.05, 0) is 25.3 Å². The molecule has 2 aromatic heterocycles. The average Bonchev–Trinajstić information content (AvgIpc) is 2.92. The Bertz CT molecular complexity index is 676. The minimum Gasteiger partial charge on any atom is -0.461 e. The van der Waals surface area contributed by atoms with Crippen molar-refractivity contribution in [2.75, 3.05) is 18.5 Å². The molecule has 2 aromatic rings.